The second-order valence-electron chi connectivity index (χ2n) is 14.9. The maximum atomic E-state index is 15.8. The fraction of sp³-hybridized carbons (Fsp3) is 0.378. The van der Waals surface area contributed by atoms with E-state index in [0.717, 1.165) is 26.2 Å². The van der Waals surface area contributed by atoms with Crippen LogP contribution < -0.4 is 30.5 Å². The molecular formula is C37H40BrClF2N18O2. The number of rotatable bonds is 12. The number of hydrogen-bond donors (Lipinski definition) is 3. The number of halogens is 4. The average Bonchev–Trinajstić information content (AvgIpc) is 4.07. The molecule has 2 atom stereocenters. The molecule has 1 aromatic carbocycles. The first-order chi connectivity index (χ1) is 29.3. The smallest absolute Gasteiger partial charge is 0.256 e. The first-order valence-electron chi connectivity index (χ1n) is 19.2. The van der Waals surface area contributed by atoms with Crippen molar-refractivity contribution in [2.75, 3.05) is 73.9 Å². The summed E-state index contributed by atoms with van der Waals surface area (Å²) in [7, 11) is 7.14. The molecule has 2 fully saturated rings. The van der Waals surface area contributed by atoms with Crippen molar-refractivity contribution < 1.29 is 18.3 Å². The third kappa shape index (κ3) is 7.60. The summed E-state index contributed by atoms with van der Waals surface area (Å²) >= 11 is 9.72. The Morgan fingerprint density at radius 1 is 1.02 bits per heavy atom. The van der Waals surface area contributed by atoms with Gasteiger partial charge in [-0.15, -0.1) is 5.10 Å². The monoisotopic (exact) mass is 920 g/mol. The van der Waals surface area contributed by atoms with E-state index in [1.807, 2.05) is 0 Å². The lowest BCUT2D eigenvalue weighted by Gasteiger charge is -2.32. The second-order valence-corrected chi connectivity index (χ2v) is 16.2. The lowest BCUT2D eigenvalue weighted by Crippen LogP contribution is -2.45. The van der Waals surface area contributed by atoms with E-state index in [1.54, 1.807) is 62.1 Å². The van der Waals surface area contributed by atoms with Gasteiger partial charge in [0.2, 0.25) is 23.8 Å². The number of fused-ring (bicyclic) bond motifs is 3. The minimum atomic E-state index is -1.47. The largest absolute Gasteiger partial charge is 0.478 e. The fourth-order valence-corrected chi connectivity index (χ4v) is 7.91. The van der Waals surface area contributed by atoms with E-state index in [-0.39, 0.29) is 48.2 Å². The Morgan fingerprint density at radius 2 is 1.79 bits per heavy atom. The normalized spacial score (nSPS) is 17.2. The van der Waals surface area contributed by atoms with Crippen LogP contribution >= 0.6 is 27.5 Å². The van der Waals surface area contributed by atoms with Crippen molar-refractivity contribution in [3.8, 4) is 5.88 Å². The number of aryl methyl sites for hydroxylation is 2. The van der Waals surface area contributed by atoms with Crippen molar-refractivity contribution in [2.24, 2.45) is 14.1 Å². The number of alkyl halides is 1. The summed E-state index contributed by atoms with van der Waals surface area (Å²) < 4.78 is 43.9. The number of aromatic nitrogens is 12. The van der Waals surface area contributed by atoms with Gasteiger partial charge >= 0.3 is 0 Å². The van der Waals surface area contributed by atoms with Crippen LogP contribution in [0.25, 0.3) is 27.8 Å². The van der Waals surface area contributed by atoms with E-state index in [2.05, 4.69) is 75.5 Å². The third-order valence-electron chi connectivity index (χ3n) is 10.7. The second kappa shape index (κ2) is 16.0. The molecule has 20 nitrogen and oxygen atoms in total. The minimum Gasteiger partial charge on any atom is -0.478 e. The molecular weight excluding hydrogens is 882 g/mol. The van der Waals surface area contributed by atoms with Crippen LogP contribution in [0.2, 0.25) is 5.02 Å². The summed E-state index contributed by atoms with van der Waals surface area (Å²) in [6.07, 6.45) is 3.51. The van der Waals surface area contributed by atoms with Crippen molar-refractivity contribution in [3.05, 3.63) is 64.1 Å². The summed E-state index contributed by atoms with van der Waals surface area (Å²) in [4.78, 5) is 47.8. The molecule has 6 aromatic heterocycles. The van der Waals surface area contributed by atoms with Gasteiger partial charge < -0.3 is 44.5 Å². The zero-order chi connectivity index (χ0) is 42.7. The number of nitrogens with zero attached hydrogens (tertiary/aromatic N) is 15. The van der Waals surface area contributed by atoms with Gasteiger partial charge in [0.05, 0.1) is 66.5 Å². The van der Waals surface area contributed by atoms with Gasteiger partial charge in [-0.2, -0.15) is 29.5 Å². The Bertz CT molecular complexity index is 2830. The predicted octanol–water partition coefficient (Wildman–Crippen LogP) is 3.45. The molecule has 0 bridgehead atoms. The van der Waals surface area contributed by atoms with Crippen LogP contribution in [0.4, 0.5) is 38.1 Å². The summed E-state index contributed by atoms with van der Waals surface area (Å²) in [6, 6.07) is 2.12. The highest BCUT2D eigenvalue weighted by Gasteiger charge is 2.36. The molecule has 24 heteroatoms. The van der Waals surface area contributed by atoms with Crippen LogP contribution in [0, 0.1) is 5.82 Å². The number of methoxy groups -OCH3 is 1. The molecule has 7 aromatic rings. The standard InChI is InChI=1S/C37H40BrClF2N18O2/c1-19(33(60)46-23-17-57(15-22(23)40)36-48-30(29-32(50-36)54(3)18-43-29)45-24-16-55(4)52-34(24)61-5)14-58-25-7-6-21(39)27(41)28(25)47-26(58)13-42-35-51-37(56-10-8-53(2)9-11-56)49-31-20(38)12-44-59(31)35/h6-7,12,16,18,22-23H,1,8-11,13-15,17H2,2-5H3,(H,46,60)(H,42,49,51)(H,45,48,50)/t22-,23-/m1/s1. The van der Waals surface area contributed by atoms with Crippen LogP contribution in [-0.2, 0) is 32.0 Å². The number of likely N-dealkylation sites (N-methyl/N-ethyl adjacent to an activating group) is 1. The van der Waals surface area contributed by atoms with Crippen LogP contribution in [0.1, 0.15) is 5.82 Å². The number of carbonyl (C=O) groups excluding carboxylic acids is 1. The van der Waals surface area contributed by atoms with Gasteiger partial charge in [-0.3, -0.25) is 9.48 Å². The Balaban J connectivity index is 0.935. The molecule has 61 heavy (non-hydrogen) atoms. The molecule has 2 aliphatic heterocycles. The molecule has 0 unspecified atom stereocenters. The minimum absolute atomic E-state index is 0.0155. The number of anilines is 5. The fourth-order valence-electron chi connectivity index (χ4n) is 7.41. The van der Waals surface area contributed by atoms with Crippen molar-refractivity contribution in [3.63, 3.8) is 0 Å². The van der Waals surface area contributed by atoms with Gasteiger partial charge in [0.25, 0.3) is 5.88 Å². The van der Waals surface area contributed by atoms with Gasteiger partial charge in [0, 0.05) is 52.4 Å². The Labute approximate surface area is 359 Å². The van der Waals surface area contributed by atoms with Crippen LogP contribution in [0.3, 0.4) is 0 Å². The SMILES string of the molecule is C=C(Cn1c(CNc2nc(N3CCN(C)CC3)nc3c(Br)cnn23)nc2c(F)c(Cl)ccc21)C(=O)N[C@@H]1CN(c2nc(Nc3cn(C)nc3OC)c3ncn(C)c3n2)C[C@H]1F. The number of amides is 1. The number of benzene rings is 1. The lowest BCUT2D eigenvalue weighted by atomic mass is 10.2. The summed E-state index contributed by atoms with van der Waals surface area (Å²) in [5, 5.41) is 18.0. The van der Waals surface area contributed by atoms with Crippen LogP contribution in [0.5, 0.6) is 5.88 Å². The number of piperazine rings is 1. The van der Waals surface area contributed by atoms with E-state index >= 15 is 8.78 Å². The third-order valence-corrected chi connectivity index (χ3v) is 11.6. The predicted molar refractivity (Wildman–Crippen MR) is 228 cm³/mol. The summed E-state index contributed by atoms with van der Waals surface area (Å²) in [5.41, 5.74) is 2.61. The maximum absolute atomic E-state index is 15.8. The zero-order valence-electron chi connectivity index (χ0n) is 33.4. The topological polar surface area (TPSA) is 194 Å². The number of hydrogen-bond acceptors (Lipinski definition) is 15. The highest BCUT2D eigenvalue weighted by atomic mass is 79.9. The van der Waals surface area contributed by atoms with Gasteiger partial charge in [-0.25, -0.2) is 18.7 Å². The molecule has 0 radical (unpaired) electrons. The molecule has 0 saturated carbocycles. The quantitative estimate of drug-likeness (QED) is 0.151. The Kier molecular flexibility index (Phi) is 10.6. The molecule has 3 N–H and O–H groups in total. The van der Waals surface area contributed by atoms with Gasteiger partial charge in [0.1, 0.15) is 23.2 Å². The van der Waals surface area contributed by atoms with Crippen molar-refractivity contribution >= 4 is 90.6 Å². The van der Waals surface area contributed by atoms with E-state index in [4.69, 9.17) is 36.3 Å². The summed E-state index contributed by atoms with van der Waals surface area (Å²) in [5.74, 6) is 0.935. The molecule has 8 heterocycles. The zero-order valence-corrected chi connectivity index (χ0v) is 35.8. The van der Waals surface area contributed by atoms with Gasteiger partial charge in [0.15, 0.2) is 28.4 Å². The van der Waals surface area contributed by atoms with E-state index in [0.29, 0.717) is 61.9 Å². The molecule has 1 amide bonds. The first-order valence-corrected chi connectivity index (χ1v) is 20.3. The average molecular weight is 922 g/mol. The highest BCUT2D eigenvalue weighted by Crippen LogP contribution is 2.32. The van der Waals surface area contributed by atoms with Crippen molar-refractivity contribution in [1.82, 2.24) is 68.6 Å². The summed E-state index contributed by atoms with van der Waals surface area (Å²) in [6.45, 7) is 7.19. The van der Waals surface area contributed by atoms with Crippen molar-refractivity contribution in [2.45, 2.75) is 25.3 Å². The van der Waals surface area contributed by atoms with E-state index in [9.17, 15) is 4.79 Å². The maximum Gasteiger partial charge on any atom is 0.256 e. The molecule has 318 valence electrons. The molecule has 2 aliphatic rings. The van der Waals surface area contributed by atoms with Crippen LogP contribution in [0.15, 0.2) is 47.5 Å². The Morgan fingerprint density at radius 3 is 2.57 bits per heavy atom. The van der Waals surface area contributed by atoms with Gasteiger partial charge in [-0.1, -0.05) is 18.2 Å². The lowest BCUT2D eigenvalue weighted by molar-refractivity contribution is -0.118. The van der Waals surface area contributed by atoms with Gasteiger partial charge in [-0.05, 0) is 35.1 Å². The molecule has 0 aliphatic carbocycles. The number of ether oxygens (including phenoxy) is 1. The molecule has 9 rings (SSSR count). The van der Waals surface area contributed by atoms with Crippen molar-refractivity contribution in [1.29, 1.82) is 0 Å². The molecule has 0 spiro atoms. The number of carbonyl (C=O) groups is 1. The molecule has 2 saturated heterocycles. The first kappa shape index (κ1) is 40.2. The van der Waals surface area contributed by atoms with Crippen LogP contribution in [-0.4, -0.2) is 135 Å². The number of nitrogens with one attached hydrogen (secondary N) is 3. The Hall–Kier alpha value is -6.20. The highest BCUT2D eigenvalue weighted by molar-refractivity contribution is 9.10. The van der Waals surface area contributed by atoms with E-state index in [1.165, 1.54) is 13.2 Å². The van der Waals surface area contributed by atoms with E-state index < -0.39 is 23.9 Å². The number of imidazole rings is 2.